The monoisotopic (exact) mass is 298 g/mol. The highest BCUT2D eigenvalue weighted by atomic mass is 16.5. The molecule has 0 heterocycles. The van der Waals surface area contributed by atoms with Gasteiger partial charge in [0.25, 0.3) is 5.91 Å². The number of carboxylic acid groups (broad SMARTS) is 1. The van der Waals surface area contributed by atoms with E-state index in [4.69, 9.17) is 4.74 Å². The van der Waals surface area contributed by atoms with Crippen molar-refractivity contribution in [2.24, 2.45) is 0 Å². The van der Waals surface area contributed by atoms with E-state index in [0.29, 0.717) is 24.5 Å². The average molecular weight is 298 g/mol. The summed E-state index contributed by atoms with van der Waals surface area (Å²) in [6.45, 7) is 2.73. The van der Waals surface area contributed by atoms with Crippen molar-refractivity contribution in [3.05, 3.63) is 65.2 Å². The molecule has 0 fully saturated rings. The molecule has 1 amide bonds. The van der Waals surface area contributed by atoms with Gasteiger partial charge in [0.2, 0.25) is 0 Å². The topological polar surface area (TPSA) is 78.5 Å². The molecule has 0 bridgehead atoms. The predicted octanol–water partition coefficient (Wildman–Crippen LogP) is 1.38. The fourth-order valence-corrected chi connectivity index (χ4v) is 1.94. The third-order valence-electron chi connectivity index (χ3n) is 3.05. The molecule has 0 saturated heterocycles. The number of benzene rings is 2. The van der Waals surface area contributed by atoms with E-state index in [9.17, 15) is 14.7 Å². The zero-order valence-corrected chi connectivity index (χ0v) is 12.2. The first kappa shape index (κ1) is 15.6. The number of rotatable bonds is 6. The summed E-state index contributed by atoms with van der Waals surface area (Å²) in [6.07, 6.45) is 0. The van der Waals surface area contributed by atoms with Gasteiger partial charge in [-0.05, 0) is 36.2 Å². The van der Waals surface area contributed by atoms with E-state index in [1.54, 1.807) is 36.4 Å². The molecule has 114 valence electrons. The Balaban J connectivity index is 1.97. The van der Waals surface area contributed by atoms with Crippen LogP contribution in [0, 0.1) is 0 Å². The molecule has 5 heteroatoms. The van der Waals surface area contributed by atoms with Crippen LogP contribution >= 0.6 is 0 Å². The Bertz CT molecular complexity index is 665. The van der Waals surface area contributed by atoms with Gasteiger partial charge in [-0.3, -0.25) is 4.79 Å². The lowest BCUT2D eigenvalue weighted by Crippen LogP contribution is -2.23. The van der Waals surface area contributed by atoms with E-state index in [0.717, 1.165) is 5.56 Å². The number of aromatic carboxylic acids is 1. The van der Waals surface area contributed by atoms with Gasteiger partial charge >= 0.3 is 0 Å². The van der Waals surface area contributed by atoms with Gasteiger partial charge in [0.1, 0.15) is 5.75 Å². The fraction of sp³-hybridized carbons (Fsp3) is 0.176. The molecule has 0 spiro atoms. The van der Waals surface area contributed by atoms with E-state index in [2.05, 4.69) is 5.32 Å². The van der Waals surface area contributed by atoms with E-state index in [1.807, 2.05) is 6.92 Å². The standard InChI is InChI=1S/C17H17NO4/c1-2-22-15-5-3-4-14(10-15)16(19)18-11-12-6-8-13(9-7-12)17(20)21/h3-10H,2,11H2,1H3,(H,18,19)(H,20,21)/p-1. The van der Waals surface area contributed by atoms with E-state index < -0.39 is 5.97 Å². The summed E-state index contributed by atoms with van der Waals surface area (Å²) in [5.74, 6) is -0.790. The van der Waals surface area contributed by atoms with Crippen LogP contribution in [0.25, 0.3) is 0 Å². The van der Waals surface area contributed by atoms with Gasteiger partial charge < -0.3 is 20.0 Å². The first-order chi connectivity index (χ1) is 10.6. The maximum atomic E-state index is 12.1. The average Bonchev–Trinajstić information content (AvgIpc) is 2.53. The van der Waals surface area contributed by atoms with Crippen LogP contribution in [0.1, 0.15) is 33.2 Å². The minimum atomic E-state index is -1.22. The van der Waals surface area contributed by atoms with Crippen LogP contribution in [0.4, 0.5) is 0 Å². The molecule has 0 aliphatic carbocycles. The van der Waals surface area contributed by atoms with Gasteiger partial charge in [-0.25, -0.2) is 0 Å². The molecule has 0 aliphatic heterocycles. The van der Waals surface area contributed by atoms with Crippen molar-refractivity contribution in [3.8, 4) is 5.75 Å². The molecule has 0 aromatic heterocycles. The molecule has 2 aromatic carbocycles. The Kier molecular flexibility index (Phi) is 5.14. The van der Waals surface area contributed by atoms with Crippen LogP contribution in [0.15, 0.2) is 48.5 Å². The SMILES string of the molecule is CCOc1cccc(C(=O)NCc2ccc(C(=O)[O-])cc2)c1. The Labute approximate surface area is 128 Å². The van der Waals surface area contributed by atoms with Crippen LogP contribution in [0.5, 0.6) is 5.75 Å². The van der Waals surface area contributed by atoms with Crippen molar-refractivity contribution in [2.75, 3.05) is 6.61 Å². The van der Waals surface area contributed by atoms with Gasteiger partial charge in [-0.1, -0.05) is 30.3 Å². The smallest absolute Gasteiger partial charge is 0.251 e. The van der Waals surface area contributed by atoms with Crippen LogP contribution in [-0.4, -0.2) is 18.5 Å². The Morgan fingerprint density at radius 2 is 1.82 bits per heavy atom. The molecule has 2 aromatic rings. The van der Waals surface area contributed by atoms with Crippen molar-refractivity contribution < 1.29 is 19.4 Å². The molecule has 0 radical (unpaired) electrons. The largest absolute Gasteiger partial charge is 0.545 e. The van der Waals surface area contributed by atoms with Crippen LogP contribution in [0.3, 0.4) is 0 Å². The summed E-state index contributed by atoms with van der Waals surface area (Å²) in [4.78, 5) is 22.7. The number of amides is 1. The normalized spacial score (nSPS) is 10.0. The molecular weight excluding hydrogens is 282 g/mol. The number of ether oxygens (including phenoxy) is 1. The van der Waals surface area contributed by atoms with Gasteiger partial charge in [0, 0.05) is 12.1 Å². The first-order valence-electron chi connectivity index (χ1n) is 6.91. The minimum Gasteiger partial charge on any atom is -0.545 e. The number of nitrogens with one attached hydrogen (secondary N) is 1. The van der Waals surface area contributed by atoms with E-state index >= 15 is 0 Å². The van der Waals surface area contributed by atoms with Crippen molar-refractivity contribution in [1.29, 1.82) is 0 Å². The van der Waals surface area contributed by atoms with E-state index in [1.165, 1.54) is 12.1 Å². The lowest BCUT2D eigenvalue weighted by molar-refractivity contribution is -0.255. The fourth-order valence-electron chi connectivity index (χ4n) is 1.94. The predicted molar refractivity (Wildman–Crippen MR) is 79.6 cm³/mol. The highest BCUT2D eigenvalue weighted by molar-refractivity contribution is 5.94. The molecule has 2 rings (SSSR count). The second kappa shape index (κ2) is 7.26. The summed E-state index contributed by atoms with van der Waals surface area (Å²) in [6, 6.07) is 13.1. The molecule has 5 nitrogen and oxygen atoms in total. The second-order valence-corrected chi connectivity index (χ2v) is 4.63. The maximum absolute atomic E-state index is 12.1. The van der Waals surface area contributed by atoms with Crippen molar-refractivity contribution in [1.82, 2.24) is 5.32 Å². The number of hydrogen-bond acceptors (Lipinski definition) is 4. The number of carbonyl (C=O) groups excluding carboxylic acids is 2. The lowest BCUT2D eigenvalue weighted by Gasteiger charge is -2.08. The quantitative estimate of drug-likeness (QED) is 0.874. The summed E-state index contributed by atoms with van der Waals surface area (Å²) in [5, 5.41) is 13.4. The van der Waals surface area contributed by atoms with Crippen molar-refractivity contribution >= 4 is 11.9 Å². The van der Waals surface area contributed by atoms with Crippen LogP contribution in [0.2, 0.25) is 0 Å². The lowest BCUT2D eigenvalue weighted by atomic mass is 10.1. The van der Waals surface area contributed by atoms with Gasteiger partial charge in [-0.2, -0.15) is 0 Å². The highest BCUT2D eigenvalue weighted by Crippen LogP contribution is 2.13. The van der Waals surface area contributed by atoms with Crippen molar-refractivity contribution in [3.63, 3.8) is 0 Å². The summed E-state index contributed by atoms with van der Waals surface area (Å²) in [7, 11) is 0. The third-order valence-corrected chi connectivity index (χ3v) is 3.05. The molecule has 0 saturated carbocycles. The zero-order chi connectivity index (χ0) is 15.9. The number of carboxylic acids is 1. The number of carbonyl (C=O) groups is 2. The molecule has 0 aliphatic rings. The number of hydrogen-bond donors (Lipinski definition) is 1. The van der Waals surface area contributed by atoms with Gasteiger partial charge in [-0.15, -0.1) is 0 Å². The highest BCUT2D eigenvalue weighted by Gasteiger charge is 2.06. The van der Waals surface area contributed by atoms with Gasteiger partial charge in [0.15, 0.2) is 0 Å². The van der Waals surface area contributed by atoms with Gasteiger partial charge in [0.05, 0.1) is 12.6 Å². The molecular formula is C17H16NO4-. The summed E-state index contributed by atoms with van der Waals surface area (Å²) < 4.78 is 5.35. The first-order valence-corrected chi connectivity index (χ1v) is 6.91. The van der Waals surface area contributed by atoms with E-state index in [-0.39, 0.29) is 11.5 Å². The molecule has 0 unspecified atom stereocenters. The molecule has 1 N–H and O–H groups in total. The Morgan fingerprint density at radius 1 is 1.09 bits per heavy atom. The third kappa shape index (κ3) is 4.09. The molecule has 0 atom stereocenters. The maximum Gasteiger partial charge on any atom is 0.251 e. The summed E-state index contributed by atoms with van der Waals surface area (Å²) in [5.41, 5.74) is 1.43. The molecule has 22 heavy (non-hydrogen) atoms. The Morgan fingerprint density at radius 3 is 2.45 bits per heavy atom. The minimum absolute atomic E-state index is 0.111. The zero-order valence-electron chi connectivity index (χ0n) is 12.2. The van der Waals surface area contributed by atoms with Crippen LogP contribution in [-0.2, 0) is 6.54 Å². The summed E-state index contributed by atoms with van der Waals surface area (Å²) >= 11 is 0. The van der Waals surface area contributed by atoms with Crippen LogP contribution < -0.4 is 15.2 Å². The Hall–Kier alpha value is -2.82. The van der Waals surface area contributed by atoms with Crippen molar-refractivity contribution in [2.45, 2.75) is 13.5 Å². The second-order valence-electron chi connectivity index (χ2n) is 4.63.